The summed E-state index contributed by atoms with van der Waals surface area (Å²) in [6.45, 7) is 1.98. The number of carbonyl (C=O) groups is 1. The van der Waals surface area contributed by atoms with Crippen LogP contribution in [0.5, 0.6) is 0 Å². The smallest absolute Gasteiger partial charge is 0.324 e. The standard InChI is InChI=1S/C13H18FNO2/c1-2-3-7-13(15,12(16)17)9-10-5-4-6-11(14)8-10/h4-6,8H,2-3,7,9,15H2,1H3,(H,16,17)/t13-/m0/s1. The van der Waals surface area contributed by atoms with Crippen LogP contribution in [0.25, 0.3) is 0 Å². The zero-order valence-electron chi connectivity index (χ0n) is 9.95. The molecule has 4 heteroatoms. The monoisotopic (exact) mass is 239 g/mol. The molecule has 0 aromatic heterocycles. The summed E-state index contributed by atoms with van der Waals surface area (Å²) in [5.74, 6) is -1.40. The SMILES string of the molecule is CCCC[C@](N)(Cc1cccc(F)c1)C(=O)O. The zero-order chi connectivity index (χ0) is 12.9. The molecule has 0 saturated heterocycles. The van der Waals surface area contributed by atoms with Crippen LogP contribution >= 0.6 is 0 Å². The summed E-state index contributed by atoms with van der Waals surface area (Å²) in [5.41, 5.74) is 5.20. The van der Waals surface area contributed by atoms with E-state index in [2.05, 4.69) is 0 Å². The minimum absolute atomic E-state index is 0.153. The highest BCUT2D eigenvalue weighted by molar-refractivity contribution is 5.78. The van der Waals surface area contributed by atoms with E-state index in [4.69, 9.17) is 5.73 Å². The second-order valence-corrected chi connectivity index (χ2v) is 4.37. The van der Waals surface area contributed by atoms with Crippen molar-refractivity contribution >= 4 is 5.97 Å². The van der Waals surface area contributed by atoms with E-state index in [0.29, 0.717) is 12.0 Å². The molecule has 1 rings (SSSR count). The number of benzene rings is 1. The minimum atomic E-state index is -1.30. The molecule has 0 bridgehead atoms. The molecule has 1 atom stereocenters. The predicted octanol–water partition coefficient (Wildman–Crippen LogP) is 2.34. The van der Waals surface area contributed by atoms with Gasteiger partial charge >= 0.3 is 5.97 Å². The number of carboxylic acids is 1. The van der Waals surface area contributed by atoms with Crippen LogP contribution in [0.1, 0.15) is 31.7 Å². The molecule has 0 amide bonds. The fraction of sp³-hybridized carbons (Fsp3) is 0.462. The van der Waals surface area contributed by atoms with E-state index in [0.717, 1.165) is 12.8 Å². The molecule has 3 nitrogen and oxygen atoms in total. The van der Waals surface area contributed by atoms with Crippen molar-refractivity contribution in [3.8, 4) is 0 Å². The van der Waals surface area contributed by atoms with Crippen molar-refractivity contribution in [3.05, 3.63) is 35.6 Å². The summed E-state index contributed by atoms with van der Waals surface area (Å²) in [4.78, 5) is 11.2. The quantitative estimate of drug-likeness (QED) is 0.800. The van der Waals surface area contributed by atoms with Gasteiger partial charge in [-0.25, -0.2) is 4.39 Å². The third-order valence-corrected chi connectivity index (χ3v) is 2.81. The molecule has 0 saturated carbocycles. The Morgan fingerprint density at radius 3 is 2.76 bits per heavy atom. The second-order valence-electron chi connectivity index (χ2n) is 4.37. The predicted molar refractivity (Wildman–Crippen MR) is 64.2 cm³/mol. The highest BCUT2D eigenvalue weighted by Gasteiger charge is 2.33. The zero-order valence-corrected chi connectivity index (χ0v) is 9.95. The molecule has 3 N–H and O–H groups in total. The number of rotatable bonds is 6. The van der Waals surface area contributed by atoms with E-state index in [9.17, 15) is 14.3 Å². The van der Waals surface area contributed by atoms with Gasteiger partial charge in [-0.15, -0.1) is 0 Å². The maximum atomic E-state index is 13.0. The van der Waals surface area contributed by atoms with E-state index in [1.807, 2.05) is 6.92 Å². The highest BCUT2D eigenvalue weighted by Crippen LogP contribution is 2.19. The van der Waals surface area contributed by atoms with Gasteiger partial charge < -0.3 is 10.8 Å². The van der Waals surface area contributed by atoms with Gasteiger partial charge in [-0.2, -0.15) is 0 Å². The molecule has 1 aromatic carbocycles. The van der Waals surface area contributed by atoms with E-state index in [1.54, 1.807) is 12.1 Å². The number of aliphatic carboxylic acids is 1. The van der Waals surface area contributed by atoms with Crippen molar-refractivity contribution in [1.29, 1.82) is 0 Å². The maximum absolute atomic E-state index is 13.0. The Morgan fingerprint density at radius 1 is 1.53 bits per heavy atom. The van der Waals surface area contributed by atoms with Gasteiger partial charge in [-0.3, -0.25) is 4.79 Å². The van der Waals surface area contributed by atoms with Gasteiger partial charge in [0.1, 0.15) is 11.4 Å². The van der Waals surface area contributed by atoms with Crippen molar-refractivity contribution in [2.75, 3.05) is 0 Å². The molecule has 0 spiro atoms. The Hall–Kier alpha value is -1.42. The van der Waals surface area contributed by atoms with E-state index in [1.165, 1.54) is 12.1 Å². The van der Waals surface area contributed by atoms with Crippen molar-refractivity contribution in [1.82, 2.24) is 0 Å². The summed E-state index contributed by atoms with van der Waals surface area (Å²) in [6.07, 6.45) is 2.18. The average molecular weight is 239 g/mol. The van der Waals surface area contributed by atoms with Crippen LogP contribution in [0.3, 0.4) is 0 Å². The number of halogens is 1. The highest BCUT2D eigenvalue weighted by atomic mass is 19.1. The first-order chi connectivity index (χ1) is 7.98. The van der Waals surface area contributed by atoms with Gasteiger partial charge in [0, 0.05) is 6.42 Å². The first-order valence-electron chi connectivity index (χ1n) is 5.74. The van der Waals surface area contributed by atoms with Crippen LogP contribution < -0.4 is 5.73 Å². The van der Waals surface area contributed by atoms with E-state index in [-0.39, 0.29) is 12.2 Å². The van der Waals surface area contributed by atoms with Crippen LogP contribution in [0, 0.1) is 5.82 Å². The van der Waals surface area contributed by atoms with Crippen molar-refractivity contribution in [2.24, 2.45) is 5.73 Å². The normalized spacial score (nSPS) is 14.3. The topological polar surface area (TPSA) is 63.3 Å². The van der Waals surface area contributed by atoms with Crippen LogP contribution in [0.15, 0.2) is 24.3 Å². The van der Waals surface area contributed by atoms with Gasteiger partial charge in [-0.1, -0.05) is 31.9 Å². The van der Waals surface area contributed by atoms with Crippen molar-refractivity contribution < 1.29 is 14.3 Å². The Morgan fingerprint density at radius 2 is 2.24 bits per heavy atom. The lowest BCUT2D eigenvalue weighted by molar-refractivity contribution is -0.143. The van der Waals surface area contributed by atoms with Gasteiger partial charge in [-0.05, 0) is 24.1 Å². The number of hydrogen-bond acceptors (Lipinski definition) is 2. The van der Waals surface area contributed by atoms with Crippen molar-refractivity contribution in [3.63, 3.8) is 0 Å². The Bertz CT molecular complexity index is 395. The Kier molecular flexibility index (Phi) is 4.63. The fourth-order valence-corrected chi connectivity index (χ4v) is 1.77. The molecule has 1 aromatic rings. The molecule has 0 aliphatic rings. The molecule has 0 aliphatic heterocycles. The maximum Gasteiger partial charge on any atom is 0.324 e. The lowest BCUT2D eigenvalue weighted by atomic mass is 9.87. The number of nitrogens with two attached hydrogens (primary N) is 1. The molecule has 94 valence electrons. The summed E-state index contributed by atoms with van der Waals surface area (Å²) in [5, 5.41) is 9.17. The number of hydrogen-bond donors (Lipinski definition) is 2. The third kappa shape index (κ3) is 3.82. The molecular weight excluding hydrogens is 221 g/mol. The van der Waals surface area contributed by atoms with Crippen LogP contribution in [-0.2, 0) is 11.2 Å². The van der Waals surface area contributed by atoms with Gasteiger partial charge in [0.15, 0.2) is 0 Å². The molecule has 0 radical (unpaired) electrons. The van der Waals surface area contributed by atoms with Crippen LogP contribution in [-0.4, -0.2) is 16.6 Å². The third-order valence-electron chi connectivity index (χ3n) is 2.81. The molecular formula is C13H18FNO2. The minimum Gasteiger partial charge on any atom is -0.480 e. The molecule has 0 unspecified atom stereocenters. The van der Waals surface area contributed by atoms with Gasteiger partial charge in [0.2, 0.25) is 0 Å². The lowest BCUT2D eigenvalue weighted by Gasteiger charge is -2.24. The average Bonchev–Trinajstić information content (AvgIpc) is 2.26. The summed E-state index contributed by atoms with van der Waals surface area (Å²) in [6, 6.07) is 5.91. The second kappa shape index (κ2) is 5.77. The van der Waals surface area contributed by atoms with E-state index >= 15 is 0 Å². The Labute approximate surface area is 100 Å². The first-order valence-corrected chi connectivity index (χ1v) is 5.74. The number of unbranched alkanes of at least 4 members (excludes halogenated alkanes) is 1. The van der Waals surface area contributed by atoms with E-state index < -0.39 is 11.5 Å². The summed E-state index contributed by atoms with van der Waals surface area (Å²) in [7, 11) is 0. The summed E-state index contributed by atoms with van der Waals surface area (Å²) < 4.78 is 13.0. The fourth-order valence-electron chi connectivity index (χ4n) is 1.77. The molecule has 17 heavy (non-hydrogen) atoms. The van der Waals surface area contributed by atoms with Gasteiger partial charge in [0.25, 0.3) is 0 Å². The lowest BCUT2D eigenvalue weighted by Crippen LogP contribution is -2.49. The molecule has 0 fully saturated rings. The van der Waals surface area contributed by atoms with Crippen LogP contribution in [0.4, 0.5) is 4.39 Å². The molecule has 0 heterocycles. The number of carboxylic acid groups (broad SMARTS) is 1. The Balaban J connectivity index is 2.83. The largest absolute Gasteiger partial charge is 0.480 e. The van der Waals surface area contributed by atoms with Crippen molar-refractivity contribution in [2.45, 2.75) is 38.1 Å². The first kappa shape index (κ1) is 13.6. The van der Waals surface area contributed by atoms with Gasteiger partial charge in [0.05, 0.1) is 0 Å². The summed E-state index contributed by atoms with van der Waals surface area (Å²) >= 11 is 0. The molecule has 0 aliphatic carbocycles. The van der Waals surface area contributed by atoms with Crippen LogP contribution in [0.2, 0.25) is 0 Å².